The number of aromatic amines is 1. The maximum absolute atomic E-state index is 10.8. The molecule has 0 spiro atoms. The van der Waals surface area contributed by atoms with E-state index in [-0.39, 0.29) is 11.8 Å². The zero-order chi connectivity index (χ0) is 9.26. The Hall–Kier alpha value is -1.47. The van der Waals surface area contributed by atoms with Crippen molar-refractivity contribution in [3.63, 3.8) is 0 Å². The Balaban J connectivity index is 2.10. The van der Waals surface area contributed by atoms with Crippen molar-refractivity contribution in [1.82, 2.24) is 9.97 Å². The van der Waals surface area contributed by atoms with Gasteiger partial charge in [-0.05, 0) is 0 Å². The first-order valence-electron chi connectivity index (χ1n) is 3.43. The normalized spacial score (nSPS) is 13.0. The number of hydrogen-bond acceptors (Lipinski definition) is 5. The van der Waals surface area contributed by atoms with Crippen LogP contribution in [0.4, 0.5) is 17.6 Å². The van der Waals surface area contributed by atoms with Crippen LogP contribution in [-0.2, 0) is 9.73 Å². The molecule has 4 N–H and O–H groups in total. The van der Waals surface area contributed by atoms with E-state index in [0.29, 0.717) is 17.6 Å². The number of nitrogens with one attached hydrogen (secondary N) is 4. The first-order valence-corrected chi connectivity index (χ1v) is 3.96. The number of alkyl halides is 1. The Morgan fingerprint density at radius 3 is 3.15 bits per heavy atom. The van der Waals surface area contributed by atoms with Gasteiger partial charge in [0.25, 0.3) is 0 Å². The summed E-state index contributed by atoms with van der Waals surface area (Å²) in [6.07, 6.45) is 0. The topological polar surface area (TPSA) is 91.1 Å². The minimum Gasteiger partial charge on any atom is -0.307 e. The Labute approximate surface area is 77.7 Å². The Kier molecular flexibility index (Phi) is 1.95. The van der Waals surface area contributed by atoms with Crippen molar-refractivity contribution >= 4 is 35.1 Å². The Morgan fingerprint density at radius 2 is 2.46 bits per heavy atom. The summed E-state index contributed by atoms with van der Waals surface area (Å²) in [5.41, 5.74) is 4.97. The third-order valence-electron chi connectivity index (χ3n) is 1.38. The van der Waals surface area contributed by atoms with Gasteiger partial charge in [-0.2, -0.15) is 9.92 Å². The average Bonchev–Trinajstić information content (AvgIpc) is 2.63. The second kappa shape index (κ2) is 3.11. The van der Waals surface area contributed by atoms with Gasteiger partial charge in [0, 0.05) is 0 Å². The highest BCUT2D eigenvalue weighted by molar-refractivity contribution is 6.28. The summed E-state index contributed by atoms with van der Waals surface area (Å²) in [6.45, 7) is 0. The maximum Gasteiger partial charge on any atom is 0.241 e. The predicted octanol–water partition coefficient (Wildman–Crippen LogP) is 0.271. The number of fused-ring (bicyclic) bond motifs is 1. The summed E-state index contributed by atoms with van der Waals surface area (Å²) in [5, 5.41) is 2.45. The fourth-order valence-electron chi connectivity index (χ4n) is 0.871. The predicted molar refractivity (Wildman–Crippen MR) is 46.3 cm³/mol. The maximum atomic E-state index is 10.8. The van der Waals surface area contributed by atoms with Crippen molar-refractivity contribution in [2.45, 2.75) is 0 Å². The van der Waals surface area contributed by atoms with Crippen LogP contribution < -0.4 is 16.3 Å². The van der Waals surface area contributed by atoms with Crippen molar-refractivity contribution in [3.8, 4) is 0 Å². The molecule has 0 saturated carbocycles. The molecule has 0 saturated heterocycles. The second-order valence-electron chi connectivity index (χ2n) is 2.30. The summed E-state index contributed by atoms with van der Waals surface area (Å²) in [6, 6.07) is 0. The van der Waals surface area contributed by atoms with E-state index in [2.05, 4.69) is 31.2 Å². The fraction of sp³-hybridized carbons (Fsp3) is 0.200. The molecule has 0 aliphatic carbocycles. The van der Waals surface area contributed by atoms with E-state index in [4.69, 9.17) is 11.6 Å². The minimum absolute atomic E-state index is 0.108. The fourth-order valence-corrected chi connectivity index (χ4v) is 0.937. The van der Waals surface area contributed by atoms with Crippen molar-refractivity contribution < 1.29 is 9.73 Å². The number of amides is 1. The third-order valence-corrected chi connectivity index (χ3v) is 1.63. The molecule has 7 nitrogen and oxygen atoms in total. The van der Waals surface area contributed by atoms with E-state index in [1.54, 1.807) is 0 Å². The van der Waals surface area contributed by atoms with Gasteiger partial charge in [-0.15, -0.1) is 11.6 Å². The molecule has 8 heteroatoms. The summed E-state index contributed by atoms with van der Waals surface area (Å²) in [7, 11) is 0. The SMILES string of the molecule is O=C(CCl)Nc1nc2c([nH]1)NON2. The number of carbonyl (C=O) groups excluding carboxylic acids is 1. The van der Waals surface area contributed by atoms with E-state index < -0.39 is 0 Å². The molecule has 70 valence electrons. The quantitative estimate of drug-likeness (QED) is 0.518. The van der Waals surface area contributed by atoms with Crippen LogP contribution >= 0.6 is 11.6 Å². The van der Waals surface area contributed by atoms with Crippen LogP contribution in [0.15, 0.2) is 0 Å². The summed E-state index contributed by atoms with van der Waals surface area (Å²) in [4.78, 5) is 22.1. The smallest absolute Gasteiger partial charge is 0.241 e. The summed E-state index contributed by atoms with van der Waals surface area (Å²) < 4.78 is 0. The molecular weight excluding hydrogens is 198 g/mol. The molecule has 13 heavy (non-hydrogen) atoms. The number of anilines is 3. The van der Waals surface area contributed by atoms with Gasteiger partial charge in [0.15, 0.2) is 11.6 Å². The highest BCUT2D eigenvalue weighted by atomic mass is 35.5. The number of rotatable bonds is 2. The number of carbonyl (C=O) groups is 1. The van der Waals surface area contributed by atoms with Crippen molar-refractivity contribution in [1.29, 1.82) is 0 Å². The molecule has 0 atom stereocenters. The Morgan fingerprint density at radius 1 is 1.62 bits per heavy atom. The van der Waals surface area contributed by atoms with Gasteiger partial charge in [-0.3, -0.25) is 10.1 Å². The standard InChI is InChI=1S/C5H6ClN5O2/c6-1-2(12)7-5-8-3-4(9-5)11-13-10-3/h10-11H,1H2,(H2,7,8,9,12). The molecule has 1 amide bonds. The largest absolute Gasteiger partial charge is 0.307 e. The van der Waals surface area contributed by atoms with Crippen molar-refractivity contribution in [2.75, 3.05) is 22.2 Å². The van der Waals surface area contributed by atoms with Gasteiger partial charge >= 0.3 is 0 Å². The zero-order valence-electron chi connectivity index (χ0n) is 6.35. The molecule has 1 aliphatic rings. The van der Waals surface area contributed by atoms with Gasteiger partial charge in [0.1, 0.15) is 5.88 Å². The van der Waals surface area contributed by atoms with Crippen LogP contribution in [0, 0.1) is 0 Å². The van der Waals surface area contributed by atoms with E-state index in [1.807, 2.05) is 0 Å². The number of halogens is 1. The first kappa shape index (κ1) is 8.14. The van der Waals surface area contributed by atoms with Crippen LogP contribution in [0.1, 0.15) is 0 Å². The van der Waals surface area contributed by atoms with E-state index in [9.17, 15) is 4.79 Å². The summed E-state index contributed by atoms with van der Waals surface area (Å²) >= 11 is 5.29. The van der Waals surface area contributed by atoms with Crippen molar-refractivity contribution in [3.05, 3.63) is 0 Å². The van der Waals surface area contributed by atoms with E-state index in [0.717, 1.165) is 0 Å². The molecule has 1 aliphatic heterocycles. The molecular formula is C5H6ClN5O2. The molecule has 0 bridgehead atoms. The molecule has 0 unspecified atom stereocenters. The molecule has 2 heterocycles. The van der Waals surface area contributed by atoms with Crippen molar-refractivity contribution in [2.24, 2.45) is 0 Å². The van der Waals surface area contributed by atoms with Gasteiger partial charge in [-0.1, -0.05) is 0 Å². The number of aromatic nitrogens is 2. The monoisotopic (exact) mass is 203 g/mol. The van der Waals surface area contributed by atoms with Gasteiger partial charge < -0.3 is 4.98 Å². The van der Waals surface area contributed by atoms with Crippen LogP contribution in [0.5, 0.6) is 0 Å². The first-order chi connectivity index (χ1) is 6.29. The van der Waals surface area contributed by atoms with Gasteiger partial charge in [0.2, 0.25) is 11.9 Å². The highest BCUT2D eigenvalue weighted by Crippen LogP contribution is 2.24. The minimum atomic E-state index is -0.324. The van der Waals surface area contributed by atoms with Crippen LogP contribution in [0.25, 0.3) is 0 Å². The van der Waals surface area contributed by atoms with Crippen LogP contribution in [0.2, 0.25) is 0 Å². The lowest BCUT2D eigenvalue weighted by Crippen LogP contribution is -2.14. The van der Waals surface area contributed by atoms with E-state index >= 15 is 0 Å². The lowest BCUT2D eigenvalue weighted by molar-refractivity contribution is -0.114. The Bertz CT molecular complexity index is 316. The molecule has 2 rings (SSSR count). The lowest BCUT2D eigenvalue weighted by Gasteiger charge is -1.97. The number of nitrogens with zero attached hydrogens (tertiary/aromatic N) is 1. The average molecular weight is 204 g/mol. The van der Waals surface area contributed by atoms with Crippen LogP contribution in [-0.4, -0.2) is 21.8 Å². The molecule has 0 aromatic carbocycles. The van der Waals surface area contributed by atoms with E-state index in [1.165, 1.54) is 0 Å². The molecule has 1 aromatic heterocycles. The number of H-pyrrole nitrogens is 1. The third kappa shape index (κ3) is 1.51. The summed E-state index contributed by atoms with van der Waals surface area (Å²) in [5.74, 6) is 0.937. The highest BCUT2D eigenvalue weighted by Gasteiger charge is 2.16. The zero-order valence-corrected chi connectivity index (χ0v) is 7.10. The second-order valence-corrected chi connectivity index (χ2v) is 2.56. The number of hydrogen-bond donors (Lipinski definition) is 4. The van der Waals surface area contributed by atoms with Crippen LogP contribution in [0.3, 0.4) is 0 Å². The lowest BCUT2D eigenvalue weighted by atomic mass is 10.7. The molecule has 1 aromatic rings. The van der Waals surface area contributed by atoms with Gasteiger partial charge in [-0.25, -0.2) is 11.0 Å². The molecule has 0 radical (unpaired) electrons. The van der Waals surface area contributed by atoms with Gasteiger partial charge in [0.05, 0.1) is 0 Å². The number of imidazole rings is 1. The molecule has 0 fully saturated rings.